The fraction of sp³-hybridized carbons (Fsp3) is 0.385. The summed E-state index contributed by atoms with van der Waals surface area (Å²) >= 11 is 0. The van der Waals surface area contributed by atoms with Gasteiger partial charge >= 0.3 is 0 Å². The molecule has 8 nitrogen and oxygen atoms in total. The molecule has 0 radical (unpaired) electrons. The average molecular weight is 463 g/mol. The molecule has 3 aliphatic rings. The third-order valence-electron chi connectivity index (χ3n) is 7.33. The van der Waals surface area contributed by atoms with Crippen LogP contribution in [0.5, 0.6) is 0 Å². The minimum atomic E-state index is -0.390. The van der Waals surface area contributed by atoms with E-state index < -0.39 is 0 Å². The summed E-state index contributed by atoms with van der Waals surface area (Å²) in [7, 11) is 0. The lowest BCUT2D eigenvalue weighted by Crippen LogP contribution is -3.31. The molecule has 0 bridgehead atoms. The number of nitrogens with one attached hydrogen (secondary N) is 2. The van der Waals surface area contributed by atoms with Gasteiger partial charge in [-0.3, -0.25) is 19.2 Å². The molecular weight excluding hydrogens is 432 g/mol. The summed E-state index contributed by atoms with van der Waals surface area (Å²) in [4.78, 5) is 56.5. The second kappa shape index (κ2) is 8.77. The molecule has 0 aliphatic carbocycles. The number of quaternary nitrogens is 2. The van der Waals surface area contributed by atoms with Gasteiger partial charge < -0.3 is 9.80 Å². The highest BCUT2D eigenvalue weighted by Crippen LogP contribution is 2.24. The fourth-order valence-electron chi connectivity index (χ4n) is 5.57. The smallest absolute Gasteiger partial charge is 0.292 e. The van der Waals surface area contributed by atoms with Crippen LogP contribution < -0.4 is 19.6 Å². The summed E-state index contributed by atoms with van der Waals surface area (Å²) < 4.78 is 0. The van der Waals surface area contributed by atoms with Crippen LogP contribution in [-0.2, 0) is 19.2 Å². The van der Waals surface area contributed by atoms with Crippen molar-refractivity contribution in [3.05, 3.63) is 59.7 Å². The largest absolute Gasteiger partial charge is 0.315 e. The minimum Gasteiger partial charge on any atom is -0.315 e. The molecule has 3 aliphatic heterocycles. The van der Waals surface area contributed by atoms with Crippen LogP contribution in [0.3, 0.4) is 0 Å². The van der Waals surface area contributed by atoms with E-state index in [0.29, 0.717) is 37.6 Å². The average Bonchev–Trinajstić information content (AvgIpc) is 3.28. The lowest BCUT2D eigenvalue weighted by atomic mass is 10.1. The number of imide groups is 2. The number of rotatable bonds is 4. The fourth-order valence-corrected chi connectivity index (χ4v) is 5.57. The van der Waals surface area contributed by atoms with Gasteiger partial charge in [0.15, 0.2) is 12.1 Å². The van der Waals surface area contributed by atoms with Crippen molar-refractivity contribution in [3.8, 4) is 0 Å². The molecule has 2 N–H and O–H groups in total. The van der Waals surface area contributed by atoms with E-state index in [1.165, 1.54) is 9.80 Å². The summed E-state index contributed by atoms with van der Waals surface area (Å²) in [6.07, 6.45) is 0.416. The van der Waals surface area contributed by atoms with Crippen LogP contribution in [0.1, 0.15) is 24.0 Å². The SMILES string of the molecule is Cc1cccc(N2C(=O)C[C@@H]([NH+]3CC[NH+]([C@@H]4CC(=O)N(c5cccc(C)c5)C4=O)CC3)C2=O)c1. The molecule has 5 rings (SSSR count). The van der Waals surface area contributed by atoms with Crippen LogP contribution in [-0.4, -0.2) is 61.9 Å². The lowest BCUT2D eigenvalue weighted by Gasteiger charge is -2.34. The molecule has 0 spiro atoms. The first-order chi connectivity index (χ1) is 16.3. The Balaban J connectivity index is 1.24. The number of hydrogen-bond donors (Lipinski definition) is 2. The van der Waals surface area contributed by atoms with Crippen LogP contribution in [0, 0.1) is 13.8 Å². The van der Waals surface area contributed by atoms with Gasteiger partial charge in [-0.1, -0.05) is 24.3 Å². The Morgan fingerprint density at radius 1 is 0.647 bits per heavy atom. The Morgan fingerprint density at radius 3 is 1.38 bits per heavy atom. The number of piperazine rings is 1. The zero-order valence-electron chi connectivity index (χ0n) is 19.5. The lowest BCUT2D eigenvalue weighted by molar-refractivity contribution is -1.02. The van der Waals surface area contributed by atoms with Crippen molar-refractivity contribution in [2.75, 3.05) is 36.0 Å². The van der Waals surface area contributed by atoms with Gasteiger partial charge in [0, 0.05) is 0 Å². The summed E-state index contributed by atoms with van der Waals surface area (Å²) in [6, 6.07) is 14.1. The molecule has 3 saturated heterocycles. The number of nitrogens with zero attached hydrogens (tertiary/aromatic N) is 2. The van der Waals surface area contributed by atoms with E-state index in [1.807, 2.05) is 50.2 Å². The third kappa shape index (κ3) is 3.93. The predicted molar refractivity (Wildman–Crippen MR) is 126 cm³/mol. The number of anilines is 2. The number of amides is 4. The quantitative estimate of drug-likeness (QED) is 0.574. The number of benzene rings is 2. The second-order valence-electron chi connectivity index (χ2n) is 9.64. The van der Waals surface area contributed by atoms with Crippen molar-refractivity contribution >= 4 is 35.0 Å². The zero-order chi connectivity index (χ0) is 24.0. The molecule has 4 amide bonds. The Hall–Kier alpha value is -3.36. The monoisotopic (exact) mass is 462 g/mol. The van der Waals surface area contributed by atoms with Crippen molar-refractivity contribution in [1.82, 2.24) is 0 Å². The van der Waals surface area contributed by atoms with Gasteiger partial charge in [-0.05, 0) is 49.2 Å². The number of carbonyl (C=O) groups excluding carboxylic acids is 4. The van der Waals surface area contributed by atoms with Gasteiger partial charge in [-0.2, -0.15) is 0 Å². The topological polar surface area (TPSA) is 83.6 Å². The third-order valence-corrected chi connectivity index (χ3v) is 7.33. The van der Waals surface area contributed by atoms with Gasteiger partial charge in [-0.15, -0.1) is 0 Å². The van der Waals surface area contributed by atoms with E-state index in [-0.39, 0.29) is 48.6 Å². The van der Waals surface area contributed by atoms with Gasteiger partial charge in [-0.25, -0.2) is 9.80 Å². The first-order valence-corrected chi connectivity index (χ1v) is 11.9. The van der Waals surface area contributed by atoms with Crippen LogP contribution >= 0.6 is 0 Å². The highest BCUT2D eigenvalue weighted by Gasteiger charge is 2.50. The molecule has 176 valence electrons. The minimum absolute atomic E-state index is 0.146. The van der Waals surface area contributed by atoms with Crippen LogP contribution in [0.2, 0.25) is 0 Å². The van der Waals surface area contributed by atoms with Crippen molar-refractivity contribution in [2.24, 2.45) is 0 Å². The molecular formula is C26H30N4O4+2. The van der Waals surface area contributed by atoms with Crippen LogP contribution in [0.4, 0.5) is 11.4 Å². The van der Waals surface area contributed by atoms with Gasteiger partial charge in [0.1, 0.15) is 26.2 Å². The number of aryl methyl sites for hydroxylation is 2. The van der Waals surface area contributed by atoms with E-state index in [9.17, 15) is 19.2 Å². The standard InChI is InChI=1S/C26H28N4O4/c1-17-5-3-7-19(13-17)29-23(31)15-21(25(29)33)27-9-11-28(12-10-27)22-16-24(32)30(26(22)34)20-8-4-6-18(2)14-20/h3-8,13-14,21-22H,9-12,15-16H2,1-2H3/p+2/t21-,22-/m1/s1. The zero-order valence-corrected chi connectivity index (χ0v) is 19.5. The van der Waals surface area contributed by atoms with E-state index in [2.05, 4.69) is 0 Å². The van der Waals surface area contributed by atoms with E-state index >= 15 is 0 Å². The molecule has 3 fully saturated rings. The van der Waals surface area contributed by atoms with Crippen LogP contribution in [0.15, 0.2) is 48.5 Å². The summed E-state index contributed by atoms with van der Waals surface area (Å²) in [6.45, 7) is 6.61. The maximum atomic E-state index is 13.2. The highest BCUT2D eigenvalue weighted by atomic mass is 16.2. The van der Waals surface area contributed by atoms with Crippen molar-refractivity contribution in [2.45, 2.75) is 38.8 Å². The molecule has 2 aromatic rings. The van der Waals surface area contributed by atoms with E-state index in [4.69, 9.17) is 0 Å². The molecule has 3 heterocycles. The first-order valence-electron chi connectivity index (χ1n) is 11.9. The normalized spacial score (nSPS) is 27.7. The summed E-state index contributed by atoms with van der Waals surface area (Å²) in [5.41, 5.74) is 3.27. The van der Waals surface area contributed by atoms with Crippen molar-refractivity contribution < 1.29 is 29.0 Å². The van der Waals surface area contributed by atoms with Gasteiger partial charge in [0.2, 0.25) is 11.8 Å². The Bertz CT molecular complexity index is 1080. The summed E-state index contributed by atoms with van der Waals surface area (Å²) in [5.74, 6) is -0.611. The van der Waals surface area contributed by atoms with Gasteiger partial charge in [0.05, 0.1) is 24.2 Å². The molecule has 34 heavy (non-hydrogen) atoms. The Morgan fingerprint density at radius 2 is 1.03 bits per heavy atom. The Kier molecular flexibility index (Phi) is 5.79. The second-order valence-corrected chi connectivity index (χ2v) is 9.64. The van der Waals surface area contributed by atoms with Crippen molar-refractivity contribution in [1.29, 1.82) is 0 Å². The molecule has 0 aromatic heterocycles. The maximum absolute atomic E-state index is 13.2. The number of hydrogen-bond acceptors (Lipinski definition) is 4. The number of carbonyl (C=O) groups is 4. The molecule has 8 heteroatoms. The van der Waals surface area contributed by atoms with E-state index in [1.54, 1.807) is 12.1 Å². The Labute approximate surface area is 198 Å². The van der Waals surface area contributed by atoms with Gasteiger partial charge in [0.25, 0.3) is 11.8 Å². The molecule has 2 atom stereocenters. The van der Waals surface area contributed by atoms with Crippen molar-refractivity contribution in [3.63, 3.8) is 0 Å². The maximum Gasteiger partial charge on any atom is 0.292 e. The summed E-state index contributed by atoms with van der Waals surface area (Å²) in [5, 5.41) is 0. The van der Waals surface area contributed by atoms with Crippen LogP contribution in [0.25, 0.3) is 0 Å². The highest BCUT2D eigenvalue weighted by molar-refractivity contribution is 6.22. The molecule has 2 aromatic carbocycles. The van der Waals surface area contributed by atoms with E-state index in [0.717, 1.165) is 20.9 Å². The predicted octanol–water partition coefficient (Wildman–Crippen LogP) is -0.949. The molecule has 0 unspecified atom stereocenters. The molecule has 0 saturated carbocycles. The first kappa shape index (κ1) is 22.4.